The van der Waals surface area contributed by atoms with Crippen LogP contribution >= 0.6 is 0 Å². The molecular weight excluding hydrogens is 474 g/mol. The second-order valence-electron chi connectivity index (χ2n) is 7.86. The van der Waals surface area contributed by atoms with Crippen molar-refractivity contribution in [3.63, 3.8) is 0 Å². The molecule has 0 aliphatic heterocycles. The van der Waals surface area contributed by atoms with Crippen molar-refractivity contribution in [1.82, 2.24) is 15.5 Å². The van der Waals surface area contributed by atoms with Crippen LogP contribution in [0.3, 0.4) is 0 Å². The summed E-state index contributed by atoms with van der Waals surface area (Å²) in [5, 5.41) is 33.1. The molecule has 5 N–H and O–H groups in total. The molecule has 3 amide bonds. The van der Waals surface area contributed by atoms with Crippen molar-refractivity contribution in [2.45, 2.75) is 25.9 Å². The number of likely N-dealkylation sites (N-methyl/N-ethyl adjacent to an activating group) is 1. The SMILES string of the molecule is CC/C=C\CC(NC(=O)c1cc(F)cc(B(O)O)c1)N(CC(=O)NC)C(=O)c1cc(F)cc(BO)c1. The third kappa shape index (κ3) is 8.01. The third-order valence-corrected chi connectivity index (χ3v) is 5.16. The van der Waals surface area contributed by atoms with Gasteiger partial charge in [-0.3, -0.25) is 14.4 Å². The van der Waals surface area contributed by atoms with E-state index < -0.39 is 56.7 Å². The molecule has 0 spiro atoms. The van der Waals surface area contributed by atoms with Crippen molar-refractivity contribution in [2.75, 3.05) is 13.6 Å². The number of allylic oxidation sites excluding steroid dienone is 1. The van der Waals surface area contributed by atoms with Crippen LogP contribution in [0.25, 0.3) is 0 Å². The van der Waals surface area contributed by atoms with E-state index in [-0.39, 0.29) is 28.5 Å². The summed E-state index contributed by atoms with van der Waals surface area (Å²) >= 11 is 0. The smallest absolute Gasteiger partial charge is 0.449 e. The van der Waals surface area contributed by atoms with Crippen LogP contribution in [0.2, 0.25) is 0 Å². The maximum Gasteiger partial charge on any atom is 0.488 e. The molecule has 2 aromatic rings. The lowest BCUT2D eigenvalue weighted by Gasteiger charge is -2.31. The first kappa shape index (κ1) is 28.7. The largest absolute Gasteiger partial charge is 0.488 e. The number of rotatable bonds is 11. The minimum absolute atomic E-state index is 0.0509. The standard InChI is InChI=1S/C23H27B2F2N3O6/c1-3-4-5-6-20(29-22(32)14-8-17(25(35)36)12-19(27)9-14)30(13-21(31)28-2)23(33)15-7-16(24-34)11-18(26)10-15/h4-5,7-12,20,24,34-36H,3,6,13H2,1-2H3,(H,28,31)(H,29,32)/b5-4-. The average molecular weight is 501 g/mol. The fraction of sp³-hybridized carbons (Fsp3) is 0.261. The van der Waals surface area contributed by atoms with E-state index >= 15 is 0 Å². The van der Waals surface area contributed by atoms with Crippen LogP contribution in [0, 0.1) is 11.6 Å². The van der Waals surface area contributed by atoms with Crippen LogP contribution in [-0.2, 0) is 4.79 Å². The number of benzene rings is 2. The number of carbonyl (C=O) groups is 3. The maximum atomic E-state index is 14.1. The van der Waals surface area contributed by atoms with Crippen molar-refractivity contribution in [2.24, 2.45) is 0 Å². The van der Waals surface area contributed by atoms with Gasteiger partial charge < -0.3 is 30.6 Å². The van der Waals surface area contributed by atoms with Crippen molar-refractivity contribution in [1.29, 1.82) is 0 Å². The van der Waals surface area contributed by atoms with Gasteiger partial charge in [-0.15, -0.1) is 0 Å². The van der Waals surface area contributed by atoms with Gasteiger partial charge >= 0.3 is 14.6 Å². The van der Waals surface area contributed by atoms with Gasteiger partial charge in [0.15, 0.2) is 0 Å². The topological polar surface area (TPSA) is 139 Å². The Morgan fingerprint density at radius 1 is 1.06 bits per heavy atom. The Hall–Kier alpha value is -3.54. The van der Waals surface area contributed by atoms with Gasteiger partial charge in [0.2, 0.25) is 5.91 Å². The van der Waals surface area contributed by atoms with Gasteiger partial charge in [-0.1, -0.05) is 25.1 Å². The predicted octanol–water partition coefficient (Wildman–Crippen LogP) is -1.09. The molecule has 0 bridgehead atoms. The molecule has 0 saturated heterocycles. The van der Waals surface area contributed by atoms with Crippen LogP contribution in [0.15, 0.2) is 48.6 Å². The lowest BCUT2D eigenvalue weighted by atomic mass is 9.79. The molecule has 0 saturated carbocycles. The molecule has 1 unspecified atom stereocenters. The minimum Gasteiger partial charge on any atom is -0.449 e. The molecule has 0 heterocycles. The van der Waals surface area contributed by atoms with Gasteiger partial charge in [-0.25, -0.2) is 8.78 Å². The van der Waals surface area contributed by atoms with E-state index in [9.17, 15) is 38.2 Å². The van der Waals surface area contributed by atoms with E-state index in [1.807, 2.05) is 6.92 Å². The number of halogens is 2. The molecule has 9 nitrogen and oxygen atoms in total. The van der Waals surface area contributed by atoms with Crippen molar-refractivity contribution >= 4 is 43.2 Å². The first-order valence-corrected chi connectivity index (χ1v) is 11.1. The first-order chi connectivity index (χ1) is 17.1. The molecule has 0 fully saturated rings. The monoisotopic (exact) mass is 501 g/mol. The number of amides is 3. The fourth-order valence-corrected chi connectivity index (χ4v) is 3.37. The summed E-state index contributed by atoms with van der Waals surface area (Å²) in [6.45, 7) is 1.37. The van der Waals surface area contributed by atoms with Crippen LogP contribution in [0.1, 0.15) is 40.5 Å². The van der Waals surface area contributed by atoms with Gasteiger partial charge in [0.05, 0.1) is 0 Å². The van der Waals surface area contributed by atoms with E-state index in [0.29, 0.717) is 6.42 Å². The number of nitrogens with one attached hydrogen (secondary N) is 2. The molecule has 190 valence electrons. The van der Waals surface area contributed by atoms with E-state index in [1.165, 1.54) is 13.1 Å². The van der Waals surface area contributed by atoms with Gasteiger partial charge in [0, 0.05) is 24.6 Å². The highest BCUT2D eigenvalue weighted by molar-refractivity contribution is 6.58. The van der Waals surface area contributed by atoms with Gasteiger partial charge in [0.1, 0.15) is 24.3 Å². The van der Waals surface area contributed by atoms with E-state index in [4.69, 9.17) is 0 Å². The Morgan fingerprint density at radius 2 is 1.72 bits per heavy atom. The molecule has 36 heavy (non-hydrogen) atoms. The Bertz CT molecular complexity index is 1130. The van der Waals surface area contributed by atoms with E-state index in [1.54, 1.807) is 12.2 Å². The maximum absolute atomic E-state index is 14.1. The second-order valence-corrected chi connectivity index (χ2v) is 7.86. The van der Waals surface area contributed by atoms with Crippen molar-refractivity contribution in [3.05, 3.63) is 71.3 Å². The van der Waals surface area contributed by atoms with Crippen molar-refractivity contribution in [3.8, 4) is 0 Å². The molecule has 1 atom stereocenters. The number of hydrogen-bond acceptors (Lipinski definition) is 6. The second kappa shape index (κ2) is 13.5. The predicted molar refractivity (Wildman–Crippen MR) is 132 cm³/mol. The van der Waals surface area contributed by atoms with E-state index in [2.05, 4.69) is 10.6 Å². The summed E-state index contributed by atoms with van der Waals surface area (Å²) in [7, 11) is -1.18. The molecule has 0 aliphatic rings. The third-order valence-electron chi connectivity index (χ3n) is 5.16. The number of nitrogens with zero attached hydrogens (tertiary/aromatic N) is 1. The molecule has 13 heteroatoms. The Morgan fingerprint density at radius 3 is 2.33 bits per heavy atom. The lowest BCUT2D eigenvalue weighted by Crippen LogP contribution is -2.53. The zero-order valence-electron chi connectivity index (χ0n) is 19.9. The Balaban J connectivity index is 2.49. The van der Waals surface area contributed by atoms with Gasteiger partial charge in [-0.05, 0) is 47.7 Å². The fourth-order valence-electron chi connectivity index (χ4n) is 3.37. The zero-order valence-corrected chi connectivity index (χ0v) is 19.9. The molecular formula is C23H27B2F2N3O6. The van der Waals surface area contributed by atoms with Gasteiger partial charge in [-0.2, -0.15) is 0 Å². The van der Waals surface area contributed by atoms with Crippen LogP contribution in [-0.4, -0.2) is 72.1 Å². The summed E-state index contributed by atoms with van der Waals surface area (Å²) in [4.78, 5) is 39.7. The lowest BCUT2D eigenvalue weighted by molar-refractivity contribution is -0.121. The highest BCUT2D eigenvalue weighted by atomic mass is 19.1. The molecule has 0 aromatic heterocycles. The quantitative estimate of drug-likeness (QED) is 0.151. The van der Waals surface area contributed by atoms with Crippen LogP contribution in [0.5, 0.6) is 0 Å². The minimum atomic E-state index is -2.02. The molecule has 0 radical (unpaired) electrons. The zero-order chi connectivity index (χ0) is 26.8. The summed E-state index contributed by atoms with van der Waals surface area (Å²) in [5.41, 5.74) is -0.516. The van der Waals surface area contributed by atoms with E-state index in [0.717, 1.165) is 35.2 Å². The normalized spacial score (nSPS) is 11.6. The molecule has 0 aliphatic carbocycles. The summed E-state index contributed by atoms with van der Waals surface area (Å²) in [6, 6.07) is 6.08. The number of carbonyl (C=O) groups excluding carboxylic acids is 3. The van der Waals surface area contributed by atoms with Crippen molar-refractivity contribution < 1.29 is 38.2 Å². The Labute approximate surface area is 208 Å². The first-order valence-electron chi connectivity index (χ1n) is 11.1. The molecule has 2 rings (SSSR count). The highest BCUT2D eigenvalue weighted by Gasteiger charge is 2.29. The molecule has 2 aromatic carbocycles. The summed E-state index contributed by atoms with van der Waals surface area (Å²) < 4.78 is 28.1. The van der Waals surface area contributed by atoms with Crippen LogP contribution < -0.4 is 21.6 Å². The van der Waals surface area contributed by atoms with Gasteiger partial charge in [0.25, 0.3) is 11.8 Å². The summed E-state index contributed by atoms with van der Waals surface area (Å²) in [6.07, 6.45) is 3.02. The Kier molecular flexibility index (Phi) is 10.8. The summed E-state index contributed by atoms with van der Waals surface area (Å²) in [5.74, 6) is -3.88. The number of hydrogen-bond donors (Lipinski definition) is 5. The average Bonchev–Trinajstić information content (AvgIpc) is 2.85. The highest BCUT2D eigenvalue weighted by Crippen LogP contribution is 2.13. The van der Waals surface area contributed by atoms with Crippen LogP contribution in [0.4, 0.5) is 8.78 Å².